The van der Waals surface area contributed by atoms with E-state index in [2.05, 4.69) is 46.1 Å². The van der Waals surface area contributed by atoms with Crippen LogP contribution in [0.15, 0.2) is 29.3 Å². The Bertz CT molecular complexity index is 378. The summed E-state index contributed by atoms with van der Waals surface area (Å²) in [7, 11) is 0. The van der Waals surface area contributed by atoms with Crippen LogP contribution in [0.3, 0.4) is 0 Å². The minimum absolute atomic E-state index is 0. The average Bonchev–Trinajstić information content (AvgIpc) is 2.40. The first kappa shape index (κ1) is 15.6. The Morgan fingerprint density at radius 1 is 1.28 bits per heavy atom. The van der Waals surface area contributed by atoms with Crippen LogP contribution in [0.1, 0.15) is 17.5 Å². The first-order valence-corrected chi connectivity index (χ1v) is 7.37. The third kappa shape index (κ3) is 5.06. The predicted octanol–water partition coefficient (Wildman–Crippen LogP) is 2.61. The number of guanidine groups is 1. The first-order valence-electron chi connectivity index (χ1n) is 5.97. The van der Waals surface area contributed by atoms with Crippen LogP contribution in [0.4, 0.5) is 0 Å². The fourth-order valence-corrected chi connectivity index (χ4v) is 2.28. The maximum atomic E-state index is 4.38. The van der Waals surface area contributed by atoms with Gasteiger partial charge in [0.1, 0.15) is 0 Å². The highest BCUT2D eigenvalue weighted by Gasteiger charge is 2.02. The van der Waals surface area contributed by atoms with Gasteiger partial charge in [0.25, 0.3) is 0 Å². The number of nitrogens with one attached hydrogen (secondary N) is 2. The van der Waals surface area contributed by atoms with Gasteiger partial charge in [-0.15, -0.1) is 24.0 Å². The van der Waals surface area contributed by atoms with E-state index in [1.165, 1.54) is 11.1 Å². The second kappa shape index (κ2) is 8.63. The zero-order valence-corrected chi connectivity index (χ0v) is 13.8. The van der Waals surface area contributed by atoms with Gasteiger partial charge >= 0.3 is 0 Å². The van der Waals surface area contributed by atoms with Gasteiger partial charge in [0, 0.05) is 25.4 Å². The summed E-state index contributed by atoms with van der Waals surface area (Å²) in [6.07, 6.45) is 3.26. The molecule has 0 amide bonds. The van der Waals surface area contributed by atoms with Crippen molar-refractivity contribution in [3.63, 3.8) is 0 Å². The molecule has 1 heterocycles. The van der Waals surface area contributed by atoms with Crippen LogP contribution in [0, 0.1) is 0 Å². The lowest BCUT2D eigenvalue weighted by atomic mass is 10.1. The van der Waals surface area contributed by atoms with Crippen LogP contribution in [0.25, 0.3) is 0 Å². The second-order valence-corrected chi connectivity index (χ2v) is 4.98. The third-order valence-electron chi connectivity index (χ3n) is 2.69. The number of thioether (sulfide) groups is 1. The van der Waals surface area contributed by atoms with Gasteiger partial charge in [-0.05, 0) is 23.8 Å². The summed E-state index contributed by atoms with van der Waals surface area (Å²) in [5, 5.41) is 6.58. The van der Waals surface area contributed by atoms with Crippen LogP contribution < -0.4 is 10.6 Å². The Balaban J connectivity index is 0.00000162. The molecule has 1 aromatic rings. The Labute approximate surface area is 130 Å². The molecule has 0 aliphatic carbocycles. The van der Waals surface area contributed by atoms with Crippen molar-refractivity contribution >= 4 is 41.7 Å². The Hall–Kier alpha value is -0.430. The molecular formula is C13H20IN3S. The molecule has 1 aromatic carbocycles. The molecule has 0 fully saturated rings. The minimum Gasteiger partial charge on any atom is -0.356 e. The average molecular weight is 377 g/mol. The van der Waals surface area contributed by atoms with Crippen molar-refractivity contribution in [2.24, 2.45) is 4.99 Å². The topological polar surface area (TPSA) is 36.4 Å². The number of hydrogen-bond acceptors (Lipinski definition) is 4. The second-order valence-electron chi connectivity index (χ2n) is 4.11. The number of halogens is 1. The van der Waals surface area contributed by atoms with Crippen molar-refractivity contribution < 1.29 is 0 Å². The Morgan fingerprint density at radius 3 is 2.61 bits per heavy atom. The summed E-state index contributed by atoms with van der Waals surface area (Å²) in [5.41, 5.74) is 2.68. The molecule has 0 saturated heterocycles. The number of aliphatic imine (C=N–C) groups is 1. The zero-order chi connectivity index (χ0) is 11.9. The fraction of sp³-hybridized carbons (Fsp3) is 0.462. The fourth-order valence-electron chi connectivity index (χ4n) is 1.76. The molecule has 0 bridgehead atoms. The number of rotatable bonds is 4. The standard InChI is InChI=1S/C13H19N3S.HI/c1-17-10-12-5-3-11(4-6-12)9-16-13-14-7-2-8-15-13;/h3-6H,2,7-10H2,1H3,(H2,14,15,16);1H. The highest BCUT2D eigenvalue weighted by molar-refractivity contribution is 14.0. The summed E-state index contributed by atoms with van der Waals surface area (Å²) < 4.78 is 0. The van der Waals surface area contributed by atoms with Crippen molar-refractivity contribution in [2.75, 3.05) is 19.3 Å². The van der Waals surface area contributed by atoms with E-state index in [0.717, 1.165) is 37.8 Å². The summed E-state index contributed by atoms with van der Waals surface area (Å²) in [5.74, 6) is 2.02. The molecule has 2 N–H and O–H groups in total. The van der Waals surface area contributed by atoms with Crippen LogP contribution in [0.5, 0.6) is 0 Å². The molecule has 18 heavy (non-hydrogen) atoms. The molecule has 0 aromatic heterocycles. The van der Waals surface area contributed by atoms with Crippen molar-refractivity contribution in [1.82, 2.24) is 10.6 Å². The molecule has 2 rings (SSSR count). The lowest BCUT2D eigenvalue weighted by Gasteiger charge is -2.16. The molecule has 0 radical (unpaired) electrons. The molecule has 0 saturated carbocycles. The number of nitrogens with zero attached hydrogens (tertiary/aromatic N) is 1. The molecule has 5 heteroatoms. The smallest absolute Gasteiger partial charge is 0.191 e. The third-order valence-corrected chi connectivity index (χ3v) is 3.31. The van der Waals surface area contributed by atoms with Crippen LogP contribution in [-0.2, 0) is 12.3 Å². The van der Waals surface area contributed by atoms with E-state index < -0.39 is 0 Å². The van der Waals surface area contributed by atoms with Crippen LogP contribution in [-0.4, -0.2) is 25.3 Å². The molecule has 0 unspecified atom stereocenters. The Morgan fingerprint density at radius 2 is 2.00 bits per heavy atom. The van der Waals surface area contributed by atoms with Gasteiger partial charge in [-0.1, -0.05) is 24.3 Å². The van der Waals surface area contributed by atoms with Crippen molar-refractivity contribution in [2.45, 2.75) is 18.7 Å². The van der Waals surface area contributed by atoms with Crippen molar-refractivity contribution in [1.29, 1.82) is 0 Å². The van der Waals surface area contributed by atoms with Crippen molar-refractivity contribution in [3.05, 3.63) is 35.4 Å². The quantitative estimate of drug-likeness (QED) is 0.793. The van der Waals surface area contributed by atoms with Gasteiger partial charge in [0.2, 0.25) is 0 Å². The largest absolute Gasteiger partial charge is 0.356 e. The SMILES string of the molecule is CSCc1ccc(CNC2=NCCCN2)cc1.I. The summed E-state index contributed by atoms with van der Waals surface area (Å²) >= 11 is 1.85. The summed E-state index contributed by atoms with van der Waals surface area (Å²) in [4.78, 5) is 4.38. The van der Waals surface area contributed by atoms with Gasteiger partial charge in [0.15, 0.2) is 5.96 Å². The van der Waals surface area contributed by atoms with E-state index in [9.17, 15) is 0 Å². The van der Waals surface area contributed by atoms with Crippen molar-refractivity contribution in [3.8, 4) is 0 Å². The van der Waals surface area contributed by atoms with Gasteiger partial charge < -0.3 is 10.6 Å². The predicted molar refractivity (Wildman–Crippen MR) is 90.8 cm³/mol. The molecule has 100 valence electrons. The number of hydrogen-bond donors (Lipinski definition) is 2. The van der Waals surface area contributed by atoms with E-state index in [-0.39, 0.29) is 24.0 Å². The maximum Gasteiger partial charge on any atom is 0.191 e. The molecule has 0 spiro atoms. The highest BCUT2D eigenvalue weighted by Crippen LogP contribution is 2.10. The maximum absolute atomic E-state index is 4.38. The molecule has 1 aliphatic heterocycles. The van der Waals surface area contributed by atoms with Gasteiger partial charge in [-0.2, -0.15) is 11.8 Å². The van der Waals surface area contributed by atoms with Crippen LogP contribution >= 0.6 is 35.7 Å². The monoisotopic (exact) mass is 377 g/mol. The van der Waals surface area contributed by atoms with Gasteiger partial charge in [-0.3, -0.25) is 4.99 Å². The zero-order valence-electron chi connectivity index (χ0n) is 10.6. The van der Waals surface area contributed by atoms with E-state index >= 15 is 0 Å². The van der Waals surface area contributed by atoms with Crippen LogP contribution in [0.2, 0.25) is 0 Å². The molecule has 0 atom stereocenters. The summed E-state index contributed by atoms with van der Waals surface area (Å²) in [6.45, 7) is 2.80. The van der Waals surface area contributed by atoms with E-state index in [1.807, 2.05) is 11.8 Å². The lowest BCUT2D eigenvalue weighted by Crippen LogP contribution is -2.40. The number of benzene rings is 1. The summed E-state index contributed by atoms with van der Waals surface area (Å²) in [6, 6.07) is 8.76. The first-order chi connectivity index (χ1) is 8.38. The molecular weight excluding hydrogens is 357 g/mol. The van der Waals surface area contributed by atoms with Gasteiger partial charge in [-0.25, -0.2) is 0 Å². The molecule has 3 nitrogen and oxygen atoms in total. The highest BCUT2D eigenvalue weighted by atomic mass is 127. The normalized spacial score (nSPS) is 14.2. The lowest BCUT2D eigenvalue weighted by molar-refractivity contribution is 0.702. The minimum atomic E-state index is 0. The Kier molecular flexibility index (Phi) is 7.50. The van der Waals surface area contributed by atoms with E-state index in [4.69, 9.17) is 0 Å². The molecule has 1 aliphatic rings. The van der Waals surface area contributed by atoms with Gasteiger partial charge in [0.05, 0.1) is 0 Å². The van der Waals surface area contributed by atoms with E-state index in [1.54, 1.807) is 0 Å². The van der Waals surface area contributed by atoms with E-state index in [0.29, 0.717) is 0 Å².